The average Bonchev–Trinajstić information content (AvgIpc) is 3.29. The van der Waals surface area contributed by atoms with Crippen LogP contribution in [0, 0.1) is 5.92 Å². The predicted molar refractivity (Wildman–Crippen MR) is 115 cm³/mol. The van der Waals surface area contributed by atoms with Crippen LogP contribution in [0.3, 0.4) is 0 Å². The number of carbonyl (C=O) groups excluding carboxylic acids is 2. The van der Waals surface area contributed by atoms with Crippen LogP contribution in [-0.2, 0) is 4.79 Å². The van der Waals surface area contributed by atoms with E-state index in [-0.39, 0.29) is 36.5 Å². The number of likely N-dealkylation sites (N-methyl/N-ethyl adjacent to an activating group) is 1. The fourth-order valence-electron chi connectivity index (χ4n) is 4.07. The number of fused-ring (bicyclic) bond motifs is 1. The summed E-state index contributed by atoms with van der Waals surface area (Å²) in [6.07, 6.45) is 7.22. The number of hydrogen-bond donors (Lipinski definition) is 1. The molecule has 2 heterocycles. The second kappa shape index (κ2) is 9.60. The van der Waals surface area contributed by atoms with Crippen molar-refractivity contribution >= 4 is 17.4 Å². The summed E-state index contributed by atoms with van der Waals surface area (Å²) in [4.78, 5) is 33.4. The minimum atomic E-state index is -0.323. The summed E-state index contributed by atoms with van der Waals surface area (Å²) in [6, 6.07) is 1.54. The van der Waals surface area contributed by atoms with E-state index in [1.165, 1.54) is 5.57 Å². The minimum absolute atomic E-state index is 0.0396. The molecule has 164 valence electrons. The van der Waals surface area contributed by atoms with Crippen LogP contribution in [0.1, 0.15) is 62.4 Å². The highest BCUT2D eigenvalue weighted by atomic mass is 16.5. The lowest BCUT2D eigenvalue weighted by Crippen LogP contribution is -2.50. The number of amides is 2. The standard InChI is InChI=1S/C23H33N3O4/c1-5-21(28)25(4)13-20-15(2)12-26(16(3)14-27)23(29)19-10-18(11-24-22(19)30-20)17-8-6-7-9-17/h8,10-11,15-16,20,27H,5-7,9,12-14H2,1-4H3/t15-,16+,20+/m1/s1. The summed E-state index contributed by atoms with van der Waals surface area (Å²) >= 11 is 0. The van der Waals surface area contributed by atoms with Crippen LogP contribution >= 0.6 is 0 Å². The quantitative estimate of drug-likeness (QED) is 0.772. The molecule has 1 aliphatic carbocycles. The molecule has 3 rings (SSSR count). The summed E-state index contributed by atoms with van der Waals surface area (Å²) in [6.45, 7) is 6.41. The Kier molecular flexibility index (Phi) is 7.13. The summed E-state index contributed by atoms with van der Waals surface area (Å²) in [5.74, 6) is 0.123. The highest BCUT2D eigenvalue weighted by Gasteiger charge is 2.34. The predicted octanol–water partition coefficient (Wildman–Crippen LogP) is 2.74. The lowest BCUT2D eigenvalue weighted by Gasteiger charge is -2.37. The lowest BCUT2D eigenvalue weighted by molar-refractivity contribution is -0.131. The molecule has 2 amide bonds. The van der Waals surface area contributed by atoms with E-state index in [1.807, 2.05) is 26.8 Å². The van der Waals surface area contributed by atoms with Gasteiger partial charge in [0.05, 0.1) is 19.2 Å². The van der Waals surface area contributed by atoms with Crippen LogP contribution in [0.5, 0.6) is 5.88 Å². The van der Waals surface area contributed by atoms with E-state index in [1.54, 1.807) is 23.0 Å². The number of ether oxygens (including phenoxy) is 1. The molecule has 1 aromatic heterocycles. The van der Waals surface area contributed by atoms with Crippen molar-refractivity contribution in [3.63, 3.8) is 0 Å². The Morgan fingerprint density at radius 2 is 2.23 bits per heavy atom. The highest BCUT2D eigenvalue weighted by molar-refractivity contribution is 5.97. The first-order valence-electron chi connectivity index (χ1n) is 10.9. The largest absolute Gasteiger partial charge is 0.472 e. The van der Waals surface area contributed by atoms with Crippen molar-refractivity contribution in [1.29, 1.82) is 0 Å². The Morgan fingerprint density at radius 1 is 1.47 bits per heavy atom. The van der Waals surface area contributed by atoms with E-state index in [2.05, 4.69) is 11.1 Å². The number of hydrogen-bond acceptors (Lipinski definition) is 5. The van der Waals surface area contributed by atoms with Crippen molar-refractivity contribution in [2.24, 2.45) is 5.92 Å². The summed E-state index contributed by atoms with van der Waals surface area (Å²) in [5.41, 5.74) is 2.57. The average molecular weight is 416 g/mol. The molecule has 7 nitrogen and oxygen atoms in total. The molecule has 0 saturated carbocycles. The summed E-state index contributed by atoms with van der Waals surface area (Å²) < 4.78 is 6.23. The molecule has 0 aromatic carbocycles. The second-order valence-electron chi connectivity index (χ2n) is 8.45. The van der Waals surface area contributed by atoms with Crippen molar-refractivity contribution in [1.82, 2.24) is 14.8 Å². The van der Waals surface area contributed by atoms with Crippen molar-refractivity contribution in [3.8, 4) is 5.88 Å². The molecule has 0 saturated heterocycles. The topological polar surface area (TPSA) is 83.0 Å². The van der Waals surface area contributed by atoms with E-state index in [0.717, 1.165) is 24.8 Å². The number of aromatic nitrogens is 1. The maximum absolute atomic E-state index is 13.4. The van der Waals surface area contributed by atoms with Crippen molar-refractivity contribution in [2.75, 3.05) is 26.7 Å². The van der Waals surface area contributed by atoms with Gasteiger partial charge in [-0.25, -0.2) is 4.98 Å². The first-order chi connectivity index (χ1) is 14.3. The maximum Gasteiger partial charge on any atom is 0.259 e. The van der Waals surface area contributed by atoms with E-state index in [4.69, 9.17) is 4.74 Å². The molecule has 30 heavy (non-hydrogen) atoms. The molecular weight excluding hydrogens is 382 g/mol. The van der Waals surface area contributed by atoms with Crippen LogP contribution in [0.25, 0.3) is 5.57 Å². The van der Waals surface area contributed by atoms with Gasteiger partial charge in [0, 0.05) is 32.1 Å². The SMILES string of the molecule is CCC(=O)N(C)C[C@@H]1Oc2ncc(C3=CCCC3)cc2C(=O)N([C@@H](C)CO)C[C@H]1C. The van der Waals surface area contributed by atoms with Gasteiger partial charge in [0.1, 0.15) is 11.7 Å². The third kappa shape index (κ3) is 4.67. The fraction of sp³-hybridized carbons (Fsp3) is 0.609. The zero-order valence-electron chi connectivity index (χ0n) is 18.4. The number of pyridine rings is 1. The molecule has 1 N–H and O–H groups in total. The minimum Gasteiger partial charge on any atom is -0.472 e. The van der Waals surface area contributed by atoms with E-state index >= 15 is 0 Å². The molecule has 3 atom stereocenters. The molecule has 1 aromatic rings. The van der Waals surface area contributed by atoms with Gasteiger partial charge < -0.3 is 19.6 Å². The number of carbonyl (C=O) groups is 2. The second-order valence-corrected chi connectivity index (χ2v) is 8.45. The molecule has 0 unspecified atom stereocenters. The highest BCUT2D eigenvalue weighted by Crippen LogP contribution is 2.32. The molecule has 0 spiro atoms. The molecule has 1 aliphatic heterocycles. The fourth-order valence-corrected chi connectivity index (χ4v) is 4.07. The van der Waals surface area contributed by atoms with Crippen molar-refractivity contribution < 1.29 is 19.4 Å². The zero-order valence-corrected chi connectivity index (χ0v) is 18.4. The molecule has 7 heteroatoms. The van der Waals surface area contributed by atoms with Gasteiger partial charge in [-0.15, -0.1) is 0 Å². The normalized spacial score (nSPS) is 22.5. The molecule has 0 bridgehead atoms. The first kappa shape index (κ1) is 22.3. The zero-order chi connectivity index (χ0) is 21.8. The van der Waals surface area contributed by atoms with Gasteiger partial charge >= 0.3 is 0 Å². The summed E-state index contributed by atoms with van der Waals surface area (Å²) in [7, 11) is 1.77. The van der Waals surface area contributed by atoms with E-state index < -0.39 is 0 Å². The number of allylic oxidation sites excluding steroid dienone is 2. The number of nitrogens with zero attached hydrogens (tertiary/aromatic N) is 3. The smallest absolute Gasteiger partial charge is 0.259 e. The van der Waals surface area contributed by atoms with Crippen LogP contribution in [0.15, 0.2) is 18.3 Å². The summed E-state index contributed by atoms with van der Waals surface area (Å²) in [5, 5.41) is 9.74. The van der Waals surface area contributed by atoms with E-state index in [9.17, 15) is 14.7 Å². The third-order valence-corrected chi connectivity index (χ3v) is 6.11. The molecular formula is C23H33N3O4. The van der Waals surface area contributed by atoms with Crippen molar-refractivity contribution in [2.45, 2.75) is 58.6 Å². The Morgan fingerprint density at radius 3 is 2.87 bits per heavy atom. The molecule has 0 fully saturated rings. The Balaban J connectivity index is 1.99. The van der Waals surface area contributed by atoms with Gasteiger partial charge in [-0.3, -0.25) is 9.59 Å². The van der Waals surface area contributed by atoms with Gasteiger partial charge in [0.15, 0.2) is 0 Å². The van der Waals surface area contributed by atoms with Crippen LogP contribution in [0.4, 0.5) is 0 Å². The van der Waals surface area contributed by atoms with Crippen LogP contribution in [0.2, 0.25) is 0 Å². The number of aliphatic hydroxyl groups excluding tert-OH is 1. The third-order valence-electron chi connectivity index (χ3n) is 6.11. The Bertz CT molecular complexity index is 823. The van der Waals surface area contributed by atoms with E-state index in [0.29, 0.717) is 31.0 Å². The van der Waals surface area contributed by atoms with Crippen LogP contribution < -0.4 is 4.74 Å². The maximum atomic E-state index is 13.4. The van der Waals surface area contributed by atoms with Gasteiger partial charge in [-0.1, -0.05) is 19.9 Å². The Labute approximate surface area is 178 Å². The number of rotatable bonds is 6. The van der Waals surface area contributed by atoms with Gasteiger partial charge in [0.25, 0.3) is 5.91 Å². The van der Waals surface area contributed by atoms with Gasteiger partial charge in [-0.05, 0) is 43.4 Å². The number of aliphatic hydroxyl groups is 1. The monoisotopic (exact) mass is 415 g/mol. The van der Waals surface area contributed by atoms with Crippen molar-refractivity contribution in [3.05, 3.63) is 29.5 Å². The first-order valence-corrected chi connectivity index (χ1v) is 10.9. The molecule has 2 aliphatic rings. The van der Waals surface area contributed by atoms with Crippen LogP contribution in [-0.4, -0.2) is 70.6 Å². The van der Waals surface area contributed by atoms with Gasteiger partial charge in [-0.2, -0.15) is 0 Å². The Hall–Kier alpha value is -2.41. The van der Waals surface area contributed by atoms with Gasteiger partial charge in [0.2, 0.25) is 11.8 Å². The lowest BCUT2D eigenvalue weighted by atomic mass is 9.99. The molecule has 0 radical (unpaired) electrons.